The van der Waals surface area contributed by atoms with Crippen LogP contribution in [0.3, 0.4) is 0 Å². The summed E-state index contributed by atoms with van der Waals surface area (Å²) < 4.78 is 56.9. The van der Waals surface area contributed by atoms with E-state index in [9.17, 15) is 27.9 Å². The highest BCUT2D eigenvalue weighted by Gasteiger charge is 2.31. The molecule has 0 saturated carbocycles. The van der Waals surface area contributed by atoms with Crippen molar-refractivity contribution in [3.8, 4) is 11.5 Å². The number of nitrogens with one attached hydrogen (secondary N) is 2. The Morgan fingerprint density at radius 1 is 1.04 bits per heavy atom. The van der Waals surface area contributed by atoms with Crippen LogP contribution in [-0.2, 0) is 17.5 Å². The summed E-state index contributed by atoms with van der Waals surface area (Å²) in [5.74, 6) is 0.619. The summed E-state index contributed by atoms with van der Waals surface area (Å²) in [5.41, 5.74) is 0.931. The van der Waals surface area contributed by atoms with E-state index in [1.54, 1.807) is 31.1 Å². The molecule has 3 aromatic rings. The number of halogens is 3. The normalized spacial score (nSPS) is 19.8. The van der Waals surface area contributed by atoms with Crippen LogP contribution in [0.5, 0.6) is 11.5 Å². The fourth-order valence-corrected chi connectivity index (χ4v) is 5.91. The number of benzene rings is 3. The van der Waals surface area contributed by atoms with Gasteiger partial charge in [0.1, 0.15) is 11.5 Å². The highest BCUT2D eigenvalue weighted by Crippen LogP contribution is 2.31. The fraction of sp³-hybridized carbons (Fsp3) is 0.474. The Morgan fingerprint density at radius 3 is 2.35 bits per heavy atom. The zero-order valence-corrected chi connectivity index (χ0v) is 29.8. The number of methoxy groups -OCH3 is 1. The Hall–Kier alpha value is -4.33. The molecule has 10 nitrogen and oxygen atoms in total. The molecule has 3 aromatic carbocycles. The molecular formula is C38H49F3N4O6. The van der Waals surface area contributed by atoms with Gasteiger partial charge in [-0.25, -0.2) is 4.79 Å². The Morgan fingerprint density at radius 2 is 1.71 bits per heavy atom. The summed E-state index contributed by atoms with van der Waals surface area (Å²) in [6.45, 7) is 7.59. The Bertz CT molecular complexity index is 1570. The van der Waals surface area contributed by atoms with E-state index in [2.05, 4.69) is 15.5 Å². The minimum absolute atomic E-state index is 0.122. The molecular weight excluding hydrogens is 665 g/mol. The first kappa shape index (κ1) is 39.5. The van der Waals surface area contributed by atoms with Gasteiger partial charge in [-0.2, -0.15) is 13.2 Å². The third-order valence-electron chi connectivity index (χ3n) is 8.88. The summed E-state index contributed by atoms with van der Waals surface area (Å²) in [5, 5.41) is 15.4. The largest absolute Gasteiger partial charge is 0.497 e. The molecule has 0 saturated heterocycles. The third-order valence-corrected chi connectivity index (χ3v) is 8.88. The van der Waals surface area contributed by atoms with Gasteiger partial charge in [0, 0.05) is 43.5 Å². The van der Waals surface area contributed by atoms with Crippen LogP contribution in [0.4, 0.5) is 29.3 Å². The highest BCUT2D eigenvalue weighted by atomic mass is 19.4. The van der Waals surface area contributed by atoms with Crippen molar-refractivity contribution in [1.82, 2.24) is 9.80 Å². The number of fused-ring (bicyclic) bond motifs is 1. The molecule has 4 rings (SSSR count). The zero-order valence-electron chi connectivity index (χ0n) is 29.8. The van der Waals surface area contributed by atoms with Crippen LogP contribution < -0.4 is 20.1 Å². The maximum absolute atomic E-state index is 14.4. The molecule has 278 valence electrons. The van der Waals surface area contributed by atoms with Gasteiger partial charge in [-0.05, 0) is 100 Å². The summed E-state index contributed by atoms with van der Waals surface area (Å²) in [4.78, 5) is 31.0. The number of amides is 3. The number of hydrogen-bond donors (Lipinski definition) is 3. The van der Waals surface area contributed by atoms with Gasteiger partial charge < -0.3 is 34.9 Å². The van der Waals surface area contributed by atoms with Crippen LogP contribution in [0.1, 0.15) is 61.5 Å². The van der Waals surface area contributed by atoms with Gasteiger partial charge in [0.25, 0.3) is 5.91 Å². The summed E-state index contributed by atoms with van der Waals surface area (Å²) in [6, 6.07) is 15.5. The lowest BCUT2D eigenvalue weighted by Crippen LogP contribution is -2.47. The van der Waals surface area contributed by atoms with E-state index in [-0.39, 0.29) is 54.1 Å². The zero-order chi connectivity index (χ0) is 37.1. The van der Waals surface area contributed by atoms with Crippen molar-refractivity contribution >= 4 is 23.3 Å². The smallest absolute Gasteiger partial charge is 0.416 e. The Balaban J connectivity index is 1.56. The van der Waals surface area contributed by atoms with Gasteiger partial charge in [-0.1, -0.05) is 19.1 Å². The number of ether oxygens (including phenoxy) is 3. The lowest BCUT2D eigenvalue weighted by molar-refractivity contribution is -0.137. The number of anilines is 2. The van der Waals surface area contributed by atoms with Crippen LogP contribution >= 0.6 is 0 Å². The number of carbonyl (C=O) groups excluding carboxylic acids is 2. The van der Waals surface area contributed by atoms with E-state index in [4.69, 9.17) is 14.2 Å². The van der Waals surface area contributed by atoms with Crippen molar-refractivity contribution in [3.05, 3.63) is 83.4 Å². The third kappa shape index (κ3) is 11.6. The van der Waals surface area contributed by atoms with Crippen molar-refractivity contribution in [2.45, 2.75) is 71.0 Å². The predicted octanol–water partition coefficient (Wildman–Crippen LogP) is 7.29. The maximum atomic E-state index is 14.4. The van der Waals surface area contributed by atoms with Crippen LogP contribution in [0.25, 0.3) is 0 Å². The molecule has 0 radical (unpaired) electrons. The molecule has 0 fully saturated rings. The Kier molecular flexibility index (Phi) is 14.1. The second-order valence-electron chi connectivity index (χ2n) is 13.2. The van der Waals surface area contributed by atoms with Crippen molar-refractivity contribution in [2.24, 2.45) is 5.92 Å². The van der Waals surface area contributed by atoms with E-state index in [0.29, 0.717) is 25.4 Å². The summed E-state index contributed by atoms with van der Waals surface area (Å²) >= 11 is 0. The monoisotopic (exact) mass is 714 g/mol. The number of likely N-dealkylation sites (N-methyl/N-ethyl adjacent to an activating group) is 1. The standard InChI is InChI=1S/C38H49F3N4O6/c1-25-21-45(26(2)24-46)36(47)33-20-31(43-37(48)42-30-13-11-29(12-14-30)38(39,40)41)15-18-34(33)51-27(3)8-6-7-19-50-35(25)23-44(4)22-28-9-16-32(49-5)17-10-28/h9-18,20,25-27,35,46H,6-8,19,21-24H2,1-5H3,(H2,42,43,48)/t25-,26-,27+,35-/m0/s1. The number of hydrogen-bond acceptors (Lipinski definition) is 7. The van der Waals surface area contributed by atoms with Crippen LogP contribution in [-0.4, -0.2) is 85.6 Å². The predicted molar refractivity (Wildman–Crippen MR) is 190 cm³/mol. The van der Waals surface area contributed by atoms with E-state index in [1.165, 1.54) is 6.07 Å². The van der Waals surface area contributed by atoms with Crippen molar-refractivity contribution in [1.29, 1.82) is 0 Å². The van der Waals surface area contributed by atoms with Crippen LogP contribution in [0.15, 0.2) is 66.7 Å². The molecule has 0 unspecified atom stereocenters. The lowest BCUT2D eigenvalue weighted by Gasteiger charge is -2.36. The molecule has 3 N–H and O–H groups in total. The molecule has 0 bridgehead atoms. The fourth-order valence-electron chi connectivity index (χ4n) is 5.91. The van der Waals surface area contributed by atoms with Gasteiger partial charge in [-0.3, -0.25) is 9.69 Å². The molecule has 1 heterocycles. The van der Waals surface area contributed by atoms with Gasteiger partial charge >= 0.3 is 12.2 Å². The van der Waals surface area contributed by atoms with Crippen molar-refractivity contribution in [3.63, 3.8) is 0 Å². The average Bonchev–Trinajstić information content (AvgIpc) is 3.09. The minimum Gasteiger partial charge on any atom is -0.497 e. The summed E-state index contributed by atoms with van der Waals surface area (Å²) in [6.07, 6.45) is -2.53. The van der Waals surface area contributed by atoms with Crippen LogP contribution in [0, 0.1) is 5.92 Å². The number of urea groups is 1. The molecule has 1 aliphatic rings. The SMILES string of the molecule is COc1ccc(CN(C)C[C@@H]2OCCCC[C@@H](C)Oc3ccc(NC(=O)Nc4ccc(C(F)(F)F)cc4)cc3C(=O)N([C@@H](C)CO)C[C@@H]2C)cc1. The molecule has 3 amide bonds. The summed E-state index contributed by atoms with van der Waals surface area (Å²) in [7, 11) is 3.66. The van der Waals surface area contributed by atoms with Crippen molar-refractivity contribution in [2.75, 3.05) is 51.1 Å². The molecule has 0 spiro atoms. The lowest BCUT2D eigenvalue weighted by atomic mass is 10.0. The number of aliphatic hydroxyl groups excluding tert-OH is 1. The van der Waals surface area contributed by atoms with Gasteiger partial charge in [0.2, 0.25) is 0 Å². The first-order valence-electron chi connectivity index (χ1n) is 17.2. The number of rotatable bonds is 9. The molecule has 13 heteroatoms. The highest BCUT2D eigenvalue weighted by molar-refractivity contribution is 6.02. The second kappa shape index (κ2) is 18.2. The molecule has 51 heavy (non-hydrogen) atoms. The van der Waals surface area contributed by atoms with Crippen LogP contribution in [0.2, 0.25) is 0 Å². The molecule has 4 atom stereocenters. The first-order valence-corrected chi connectivity index (χ1v) is 17.2. The van der Waals surface area contributed by atoms with Gasteiger partial charge in [0.05, 0.1) is 43.1 Å². The first-order chi connectivity index (χ1) is 24.3. The Labute approximate surface area is 297 Å². The average molecular weight is 715 g/mol. The number of alkyl halides is 3. The molecule has 1 aliphatic heterocycles. The van der Waals surface area contributed by atoms with E-state index in [0.717, 1.165) is 54.8 Å². The minimum atomic E-state index is -4.50. The number of nitrogens with zero attached hydrogens (tertiary/aromatic N) is 2. The van der Waals surface area contributed by atoms with E-state index >= 15 is 0 Å². The van der Waals surface area contributed by atoms with Crippen molar-refractivity contribution < 1.29 is 42.1 Å². The number of carbonyl (C=O) groups is 2. The van der Waals surface area contributed by atoms with Gasteiger partial charge in [0.15, 0.2) is 0 Å². The maximum Gasteiger partial charge on any atom is 0.416 e. The van der Waals surface area contributed by atoms with Gasteiger partial charge in [-0.15, -0.1) is 0 Å². The molecule has 0 aliphatic carbocycles. The quantitative estimate of drug-likeness (QED) is 0.214. The van der Waals surface area contributed by atoms with E-state index < -0.39 is 23.8 Å². The second-order valence-corrected chi connectivity index (χ2v) is 13.2. The molecule has 0 aromatic heterocycles. The number of aliphatic hydroxyl groups is 1. The van der Waals surface area contributed by atoms with E-state index in [1.807, 2.05) is 45.2 Å². The topological polar surface area (TPSA) is 113 Å².